The topological polar surface area (TPSA) is 69.7 Å². The monoisotopic (exact) mass is 415 g/mol. The highest BCUT2D eigenvalue weighted by Crippen LogP contribution is 2.30. The van der Waals surface area contributed by atoms with Crippen LogP contribution < -0.4 is 10.2 Å². The lowest BCUT2D eigenvalue weighted by molar-refractivity contribution is -0.134. The Bertz CT molecular complexity index is 871. The molecule has 1 atom stereocenters. The van der Waals surface area contributed by atoms with Crippen molar-refractivity contribution in [2.24, 2.45) is 0 Å². The van der Waals surface area contributed by atoms with Crippen LogP contribution in [0.25, 0.3) is 0 Å². The van der Waals surface area contributed by atoms with Crippen LogP contribution in [-0.4, -0.2) is 36.3 Å². The van der Waals surface area contributed by atoms with Gasteiger partial charge >= 0.3 is 6.03 Å². The maximum absolute atomic E-state index is 12.9. The quantitative estimate of drug-likeness (QED) is 0.780. The minimum Gasteiger partial charge on any atom is -0.319 e. The van der Waals surface area contributed by atoms with Gasteiger partial charge < -0.3 is 10.2 Å². The molecule has 1 saturated heterocycles. The minimum atomic E-state index is -1.20. The normalized spacial score (nSPS) is 19.4. The zero-order valence-corrected chi connectivity index (χ0v) is 16.0. The summed E-state index contributed by atoms with van der Waals surface area (Å²) in [6, 6.07) is 15.7. The van der Waals surface area contributed by atoms with Gasteiger partial charge in [-0.2, -0.15) is 0 Å². The summed E-state index contributed by atoms with van der Waals surface area (Å²) in [5.74, 6) is -0.798. The Morgan fingerprint density at radius 3 is 2.50 bits per heavy atom. The summed E-state index contributed by atoms with van der Waals surface area (Å²) in [4.78, 5) is 40.2. The van der Waals surface area contributed by atoms with Gasteiger partial charge in [-0.25, -0.2) is 4.79 Å². The lowest BCUT2D eigenvalue weighted by Crippen LogP contribution is -2.43. The summed E-state index contributed by atoms with van der Waals surface area (Å²) < 4.78 is 0.802. The molecule has 0 unspecified atom stereocenters. The number of halogens is 1. The van der Waals surface area contributed by atoms with Gasteiger partial charge in [0.25, 0.3) is 5.91 Å². The fourth-order valence-corrected chi connectivity index (χ4v) is 3.27. The molecule has 4 amide bonds. The van der Waals surface area contributed by atoms with Gasteiger partial charge in [-0.05, 0) is 36.8 Å². The van der Waals surface area contributed by atoms with Crippen LogP contribution in [0.4, 0.5) is 10.5 Å². The number of amides is 4. The maximum atomic E-state index is 12.9. The number of imide groups is 1. The van der Waals surface area contributed by atoms with Gasteiger partial charge in [0.05, 0.1) is 0 Å². The molecule has 7 heteroatoms. The standard InChI is InChI=1S/C19H18BrN3O3/c1-19(13-7-6-8-14(20)11-13)17(25)23(18(26)21-19)12-16(24)22(2)15-9-4-3-5-10-15/h3-11H,12H2,1-2H3,(H,21,26)/t19-/m1/s1. The predicted molar refractivity (Wildman–Crippen MR) is 102 cm³/mol. The number of nitrogens with one attached hydrogen (secondary N) is 1. The van der Waals surface area contributed by atoms with Gasteiger partial charge in [0.15, 0.2) is 0 Å². The Morgan fingerprint density at radius 1 is 1.15 bits per heavy atom. The van der Waals surface area contributed by atoms with Crippen molar-refractivity contribution in [2.75, 3.05) is 18.5 Å². The van der Waals surface area contributed by atoms with Crippen molar-refractivity contribution in [1.29, 1.82) is 0 Å². The average molecular weight is 416 g/mol. The van der Waals surface area contributed by atoms with Crippen molar-refractivity contribution >= 4 is 39.5 Å². The fraction of sp³-hybridized carbons (Fsp3) is 0.211. The number of carbonyl (C=O) groups excluding carboxylic acids is 3. The molecular formula is C19H18BrN3O3. The van der Waals surface area contributed by atoms with Crippen LogP contribution in [0.2, 0.25) is 0 Å². The SMILES string of the molecule is CN(C(=O)CN1C(=O)N[C@](C)(c2cccc(Br)c2)C1=O)c1ccccc1. The number of para-hydroxylation sites is 1. The zero-order chi connectivity index (χ0) is 18.9. The third-order valence-corrected chi connectivity index (χ3v) is 4.98. The van der Waals surface area contributed by atoms with Gasteiger partial charge in [-0.3, -0.25) is 14.5 Å². The number of carbonyl (C=O) groups is 3. The average Bonchev–Trinajstić information content (AvgIpc) is 2.86. The molecule has 0 saturated carbocycles. The number of urea groups is 1. The van der Waals surface area contributed by atoms with E-state index in [1.807, 2.05) is 24.3 Å². The minimum absolute atomic E-state index is 0.320. The second kappa shape index (κ2) is 6.92. The number of anilines is 1. The van der Waals surface area contributed by atoms with Gasteiger partial charge in [0.1, 0.15) is 12.1 Å². The van der Waals surface area contributed by atoms with Crippen molar-refractivity contribution < 1.29 is 14.4 Å². The fourth-order valence-electron chi connectivity index (χ4n) is 2.87. The number of hydrogen-bond acceptors (Lipinski definition) is 3. The summed E-state index contributed by atoms with van der Waals surface area (Å²) in [5.41, 5.74) is 0.141. The Hall–Kier alpha value is -2.67. The molecular weight excluding hydrogens is 398 g/mol. The van der Waals surface area contributed by atoms with Crippen LogP contribution in [0.1, 0.15) is 12.5 Å². The van der Waals surface area contributed by atoms with Crippen molar-refractivity contribution in [2.45, 2.75) is 12.5 Å². The third kappa shape index (κ3) is 3.22. The van der Waals surface area contributed by atoms with Crippen molar-refractivity contribution in [1.82, 2.24) is 10.2 Å². The number of likely N-dealkylation sites (N-methyl/N-ethyl adjacent to an activating group) is 1. The molecule has 26 heavy (non-hydrogen) atoms. The van der Waals surface area contributed by atoms with E-state index in [0.29, 0.717) is 11.3 Å². The van der Waals surface area contributed by atoms with Gasteiger partial charge in [0.2, 0.25) is 5.91 Å². The van der Waals surface area contributed by atoms with E-state index in [2.05, 4.69) is 21.2 Å². The Labute approximate surface area is 159 Å². The summed E-state index contributed by atoms with van der Waals surface area (Å²) in [6.07, 6.45) is 0. The highest BCUT2D eigenvalue weighted by atomic mass is 79.9. The smallest absolute Gasteiger partial charge is 0.319 e. The summed E-state index contributed by atoms with van der Waals surface area (Å²) in [6.45, 7) is 1.32. The first-order chi connectivity index (χ1) is 12.3. The van der Waals surface area contributed by atoms with Gasteiger partial charge in [-0.15, -0.1) is 0 Å². The van der Waals surface area contributed by atoms with E-state index in [1.54, 1.807) is 44.3 Å². The van der Waals surface area contributed by atoms with E-state index >= 15 is 0 Å². The van der Waals surface area contributed by atoms with E-state index < -0.39 is 17.5 Å². The van der Waals surface area contributed by atoms with Crippen LogP contribution in [0.15, 0.2) is 59.1 Å². The van der Waals surface area contributed by atoms with E-state index in [0.717, 1.165) is 9.37 Å². The number of benzene rings is 2. The van der Waals surface area contributed by atoms with E-state index in [9.17, 15) is 14.4 Å². The second-order valence-corrected chi connectivity index (χ2v) is 7.16. The largest absolute Gasteiger partial charge is 0.325 e. The first-order valence-electron chi connectivity index (χ1n) is 8.04. The maximum Gasteiger partial charge on any atom is 0.325 e. The lowest BCUT2D eigenvalue weighted by atomic mass is 9.92. The van der Waals surface area contributed by atoms with Crippen molar-refractivity contribution in [3.05, 3.63) is 64.6 Å². The second-order valence-electron chi connectivity index (χ2n) is 6.25. The zero-order valence-electron chi connectivity index (χ0n) is 14.4. The summed E-state index contributed by atoms with van der Waals surface area (Å²) in [7, 11) is 1.61. The molecule has 2 aromatic rings. The number of hydrogen-bond donors (Lipinski definition) is 1. The van der Waals surface area contributed by atoms with Crippen LogP contribution >= 0.6 is 15.9 Å². The highest BCUT2D eigenvalue weighted by Gasteiger charge is 2.49. The Morgan fingerprint density at radius 2 is 1.85 bits per heavy atom. The van der Waals surface area contributed by atoms with Crippen molar-refractivity contribution in [3.63, 3.8) is 0 Å². The molecule has 3 rings (SSSR count). The molecule has 1 fully saturated rings. The Kier molecular flexibility index (Phi) is 4.82. The van der Waals surface area contributed by atoms with E-state index in [4.69, 9.17) is 0 Å². The van der Waals surface area contributed by atoms with Crippen LogP contribution in [0.3, 0.4) is 0 Å². The first kappa shape index (κ1) is 18.1. The highest BCUT2D eigenvalue weighted by molar-refractivity contribution is 9.10. The molecule has 0 bridgehead atoms. The molecule has 6 nitrogen and oxygen atoms in total. The molecule has 134 valence electrons. The number of rotatable bonds is 4. The number of nitrogens with zero attached hydrogens (tertiary/aromatic N) is 2. The van der Waals surface area contributed by atoms with Crippen LogP contribution in [-0.2, 0) is 15.1 Å². The molecule has 1 heterocycles. The molecule has 0 radical (unpaired) electrons. The molecule has 1 aliphatic heterocycles. The van der Waals surface area contributed by atoms with Gasteiger partial charge in [0, 0.05) is 17.2 Å². The third-order valence-electron chi connectivity index (χ3n) is 4.49. The molecule has 1 N–H and O–H groups in total. The molecule has 2 aromatic carbocycles. The lowest BCUT2D eigenvalue weighted by Gasteiger charge is -2.23. The predicted octanol–water partition coefficient (Wildman–Crippen LogP) is 2.88. The van der Waals surface area contributed by atoms with Crippen LogP contribution in [0.5, 0.6) is 0 Å². The van der Waals surface area contributed by atoms with Crippen LogP contribution in [0, 0.1) is 0 Å². The molecule has 1 aliphatic rings. The Balaban J connectivity index is 1.80. The molecule has 0 aromatic heterocycles. The summed E-state index contributed by atoms with van der Waals surface area (Å²) in [5, 5.41) is 2.70. The van der Waals surface area contributed by atoms with Gasteiger partial charge in [-0.1, -0.05) is 46.3 Å². The molecule has 0 aliphatic carbocycles. The van der Waals surface area contributed by atoms with E-state index in [-0.39, 0.29) is 12.5 Å². The van der Waals surface area contributed by atoms with E-state index in [1.165, 1.54) is 4.90 Å². The first-order valence-corrected chi connectivity index (χ1v) is 8.84. The summed E-state index contributed by atoms with van der Waals surface area (Å²) >= 11 is 3.37. The molecule has 0 spiro atoms. The van der Waals surface area contributed by atoms with Crippen molar-refractivity contribution in [3.8, 4) is 0 Å².